The summed E-state index contributed by atoms with van der Waals surface area (Å²) in [5.74, 6) is 0.0481. The Morgan fingerprint density at radius 1 is 1.56 bits per heavy atom. The van der Waals surface area contributed by atoms with E-state index in [1.807, 2.05) is 17.3 Å². The van der Waals surface area contributed by atoms with Crippen LogP contribution < -0.4 is 5.32 Å². The van der Waals surface area contributed by atoms with Crippen molar-refractivity contribution in [3.05, 3.63) is 21.3 Å². The molecule has 2 rings (SSSR count). The molecule has 0 atom stereocenters. The van der Waals surface area contributed by atoms with Gasteiger partial charge in [-0.3, -0.25) is 4.79 Å². The number of carbonyl (C=O) groups excluding carboxylic acids is 1. The van der Waals surface area contributed by atoms with Gasteiger partial charge in [0, 0.05) is 13.1 Å². The summed E-state index contributed by atoms with van der Waals surface area (Å²) >= 11 is 7.38. The second kappa shape index (κ2) is 5.17. The van der Waals surface area contributed by atoms with E-state index in [4.69, 9.17) is 11.6 Å². The topological polar surface area (TPSA) is 32.3 Å². The smallest absolute Gasteiger partial charge is 0.265 e. The lowest BCUT2D eigenvalue weighted by Gasteiger charge is -2.31. The lowest BCUT2D eigenvalue weighted by molar-refractivity contribution is 0.0708. The SMILES string of the molecule is CN(C(=O)c1sccc1Cl)C1CCNCC1. The number of halogens is 1. The maximum absolute atomic E-state index is 12.2. The molecule has 1 aromatic heterocycles. The monoisotopic (exact) mass is 258 g/mol. The summed E-state index contributed by atoms with van der Waals surface area (Å²) in [6.07, 6.45) is 2.04. The predicted octanol–water partition coefficient (Wildman–Crippen LogP) is 2.23. The van der Waals surface area contributed by atoms with Gasteiger partial charge < -0.3 is 10.2 Å². The fourth-order valence-electron chi connectivity index (χ4n) is 1.97. The van der Waals surface area contributed by atoms with Gasteiger partial charge in [0.05, 0.1) is 5.02 Å². The van der Waals surface area contributed by atoms with E-state index in [1.165, 1.54) is 11.3 Å². The molecule has 88 valence electrons. The zero-order valence-electron chi connectivity index (χ0n) is 9.20. The molecule has 0 radical (unpaired) electrons. The van der Waals surface area contributed by atoms with Crippen molar-refractivity contribution in [2.24, 2.45) is 0 Å². The van der Waals surface area contributed by atoms with E-state index in [1.54, 1.807) is 6.07 Å². The first-order chi connectivity index (χ1) is 7.70. The van der Waals surface area contributed by atoms with Crippen molar-refractivity contribution in [1.29, 1.82) is 0 Å². The van der Waals surface area contributed by atoms with E-state index in [-0.39, 0.29) is 5.91 Å². The Morgan fingerprint density at radius 2 is 2.25 bits per heavy atom. The van der Waals surface area contributed by atoms with Gasteiger partial charge in [-0.1, -0.05) is 11.6 Å². The highest BCUT2D eigenvalue weighted by Crippen LogP contribution is 2.24. The minimum Gasteiger partial charge on any atom is -0.338 e. The number of amides is 1. The number of rotatable bonds is 2. The molecule has 5 heteroatoms. The van der Waals surface area contributed by atoms with E-state index >= 15 is 0 Å². The molecule has 0 spiro atoms. The maximum Gasteiger partial charge on any atom is 0.265 e. The third-order valence-electron chi connectivity index (χ3n) is 2.99. The van der Waals surface area contributed by atoms with Gasteiger partial charge in [-0.15, -0.1) is 11.3 Å². The summed E-state index contributed by atoms with van der Waals surface area (Å²) in [5, 5.41) is 5.71. The molecule has 1 aliphatic rings. The summed E-state index contributed by atoms with van der Waals surface area (Å²) < 4.78 is 0. The predicted molar refractivity (Wildman–Crippen MR) is 67.3 cm³/mol. The number of thiophene rings is 1. The summed E-state index contributed by atoms with van der Waals surface area (Å²) in [5.41, 5.74) is 0. The zero-order valence-corrected chi connectivity index (χ0v) is 10.8. The van der Waals surface area contributed by atoms with Crippen molar-refractivity contribution >= 4 is 28.8 Å². The number of piperidine rings is 1. The fraction of sp³-hybridized carbons (Fsp3) is 0.545. The molecule has 2 heterocycles. The first-order valence-corrected chi connectivity index (χ1v) is 6.67. The largest absolute Gasteiger partial charge is 0.338 e. The highest BCUT2D eigenvalue weighted by atomic mass is 35.5. The summed E-state index contributed by atoms with van der Waals surface area (Å²) in [6.45, 7) is 1.97. The van der Waals surface area contributed by atoms with Crippen LogP contribution in [0.15, 0.2) is 11.4 Å². The normalized spacial score (nSPS) is 17.4. The summed E-state index contributed by atoms with van der Waals surface area (Å²) in [6, 6.07) is 2.11. The quantitative estimate of drug-likeness (QED) is 0.882. The zero-order chi connectivity index (χ0) is 11.5. The van der Waals surface area contributed by atoms with Crippen molar-refractivity contribution < 1.29 is 4.79 Å². The Kier molecular flexibility index (Phi) is 3.84. The third-order valence-corrected chi connectivity index (χ3v) is 4.32. The first-order valence-electron chi connectivity index (χ1n) is 5.41. The van der Waals surface area contributed by atoms with Crippen LogP contribution in [-0.4, -0.2) is 37.0 Å². The molecule has 1 aliphatic heterocycles. The molecule has 0 bridgehead atoms. The second-order valence-corrected chi connectivity index (χ2v) is 5.32. The van der Waals surface area contributed by atoms with Crippen LogP contribution in [0.5, 0.6) is 0 Å². The number of nitrogens with zero attached hydrogens (tertiary/aromatic N) is 1. The Bertz CT molecular complexity index is 374. The van der Waals surface area contributed by atoms with Crippen LogP contribution in [0.1, 0.15) is 22.5 Å². The second-order valence-electron chi connectivity index (χ2n) is 3.99. The van der Waals surface area contributed by atoms with Crippen LogP contribution >= 0.6 is 22.9 Å². The van der Waals surface area contributed by atoms with Gasteiger partial charge in [-0.05, 0) is 37.4 Å². The van der Waals surface area contributed by atoms with Crippen LogP contribution in [-0.2, 0) is 0 Å². The molecule has 1 saturated heterocycles. The lowest BCUT2D eigenvalue weighted by atomic mass is 10.1. The number of nitrogens with one attached hydrogen (secondary N) is 1. The van der Waals surface area contributed by atoms with Crippen LogP contribution in [0.2, 0.25) is 5.02 Å². The molecule has 0 unspecified atom stereocenters. The Morgan fingerprint density at radius 3 is 2.81 bits per heavy atom. The van der Waals surface area contributed by atoms with E-state index < -0.39 is 0 Å². The Hall–Kier alpha value is -0.580. The van der Waals surface area contributed by atoms with E-state index in [9.17, 15) is 4.79 Å². The minimum atomic E-state index is 0.0481. The van der Waals surface area contributed by atoms with Gasteiger partial charge in [0.25, 0.3) is 5.91 Å². The van der Waals surface area contributed by atoms with E-state index in [0.29, 0.717) is 15.9 Å². The van der Waals surface area contributed by atoms with Gasteiger partial charge in [0.15, 0.2) is 0 Å². The molecule has 1 N–H and O–H groups in total. The molecule has 0 saturated carbocycles. The molecular formula is C11H15ClN2OS. The Labute approximate surface area is 104 Å². The van der Waals surface area contributed by atoms with Gasteiger partial charge >= 0.3 is 0 Å². The van der Waals surface area contributed by atoms with Gasteiger partial charge in [0.1, 0.15) is 4.88 Å². The van der Waals surface area contributed by atoms with E-state index in [0.717, 1.165) is 25.9 Å². The number of hydrogen-bond donors (Lipinski definition) is 1. The fourth-order valence-corrected chi connectivity index (χ4v) is 3.08. The van der Waals surface area contributed by atoms with Gasteiger partial charge in [-0.2, -0.15) is 0 Å². The minimum absolute atomic E-state index is 0.0481. The van der Waals surface area contributed by atoms with Crippen LogP contribution in [0, 0.1) is 0 Å². The van der Waals surface area contributed by atoms with Crippen molar-refractivity contribution in [3.63, 3.8) is 0 Å². The Balaban J connectivity index is 2.06. The molecule has 1 fully saturated rings. The van der Waals surface area contributed by atoms with Crippen molar-refractivity contribution in [2.45, 2.75) is 18.9 Å². The van der Waals surface area contributed by atoms with Crippen molar-refractivity contribution in [3.8, 4) is 0 Å². The number of carbonyl (C=O) groups is 1. The molecule has 0 aromatic carbocycles. The number of hydrogen-bond acceptors (Lipinski definition) is 3. The first kappa shape index (κ1) is 11.9. The molecule has 16 heavy (non-hydrogen) atoms. The molecule has 1 aromatic rings. The summed E-state index contributed by atoms with van der Waals surface area (Å²) in [4.78, 5) is 14.6. The molecular weight excluding hydrogens is 244 g/mol. The average Bonchev–Trinajstić information content (AvgIpc) is 2.75. The lowest BCUT2D eigenvalue weighted by Crippen LogP contribution is -2.43. The van der Waals surface area contributed by atoms with Crippen LogP contribution in [0.25, 0.3) is 0 Å². The van der Waals surface area contributed by atoms with Crippen molar-refractivity contribution in [2.75, 3.05) is 20.1 Å². The van der Waals surface area contributed by atoms with Gasteiger partial charge in [-0.25, -0.2) is 0 Å². The van der Waals surface area contributed by atoms with Crippen molar-refractivity contribution in [1.82, 2.24) is 10.2 Å². The summed E-state index contributed by atoms with van der Waals surface area (Å²) in [7, 11) is 1.87. The van der Waals surface area contributed by atoms with E-state index in [2.05, 4.69) is 5.32 Å². The standard InChI is InChI=1S/C11H15ClN2OS/c1-14(8-2-5-13-6-3-8)11(15)10-9(12)4-7-16-10/h4,7-8,13H,2-3,5-6H2,1H3. The van der Waals surface area contributed by atoms with Crippen LogP contribution in [0.4, 0.5) is 0 Å². The molecule has 3 nitrogen and oxygen atoms in total. The maximum atomic E-state index is 12.2. The third kappa shape index (κ3) is 2.39. The molecule has 0 aliphatic carbocycles. The van der Waals surface area contributed by atoms with Gasteiger partial charge in [0.2, 0.25) is 0 Å². The molecule has 1 amide bonds. The van der Waals surface area contributed by atoms with Crippen LogP contribution in [0.3, 0.4) is 0 Å². The average molecular weight is 259 g/mol. The highest BCUT2D eigenvalue weighted by molar-refractivity contribution is 7.12. The highest BCUT2D eigenvalue weighted by Gasteiger charge is 2.24.